The third-order valence-electron chi connectivity index (χ3n) is 3.34. The summed E-state index contributed by atoms with van der Waals surface area (Å²) in [5.41, 5.74) is 5.09. The van der Waals surface area contributed by atoms with Crippen molar-refractivity contribution in [1.82, 2.24) is 5.43 Å². The molecule has 1 unspecified atom stereocenters. The van der Waals surface area contributed by atoms with Crippen molar-refractivity contribution in [3.63, 3.8) is 0 Å². The summed E-state index contributed by atoms with van der Waals surface area (Å²) >= 11 is 0. The summed E-state index contributed by atoms with van der Waals surface area (Å²) in [7, 11) is 0. The van der Waals surface area contributed by atoms with Gasteiger partial charge in [-0.1, -0.05) is 42.0 Å². The van der Waals surface area contributed by atoms with Crippen LogP contribution in [0.5, 0.6) is 0 Å². The molecule has 3 N–H and O–H groups in total. The molecule has 0 bridgehead atoms. The van der Waals surface area contributed by atoms with Crippen LogP contribution >= 0.6 is 0 Å². The van der Waals surface area contributed by atoms with Crippen LogP contribution in [-0.2, 0) is 0 Å². The second-order valence-electron chi connectivity index (χ2n) is 4.82. The molecule has 4 heteroatoms. The predicted molar refractivity (Wildman–Crippen MR) is 76.5 cm³/mol. The third-order valence-corrected chi connectivity index (χ3v) is 3.34. The molecule has 3 aromatic rings. The number of aryl methyl sites for hydroxylation is 1. The molecule has 3 nitrogen and oxygen atoms in total. The van der Waals surface area contributed by atoms with E-state index >= 15 is 0 Å². The van der Waals surface area contributed by atoms with Crippen LogP contribution in [0.25, 0.3) is 11.0 Å². The Bertz CT molecular complexity index is 751. The number of benzene rings is 2. The molecular formula is C16H15FN2O. The fourth-order valence-corrected chi connectivity index (χ4v) is 2.38. The van der Waals surface area contributed by atoms with Gasteiger partial charge in [-0.05, 0) is 24.6 Å². The van der Waals surface area contributed by atoms with Gasteiger partial charge in [-0.2, -0.15) is 0 Å². The molecule has 0 aliphatic carbocycles. The summed E-state index contributed by atoms with van der Waals surface area (Å²) in [4.78, 5) is 0. The quantitative estimate of drug-likeness (QED) is 0.566. The van der Waals surface area contributed by atoms with Crippen molar-refractivity contribution in [3.05, 3.63) is 71.2 Å². The van der Waals surface area contributed by atoms with Crippen LogP contribution in [0.2, 0.25) is 0 Å². The van der Waals surface area contributed by atoms with Gasteiger partial charge >= 0.3 is 0 Å². The maximum Gasteiger partial charge on any atom is 0.169 e. The highest BCUT2D eigenvalue weighted by Gasteiger charge is 2.18. The molecule has 0 spiro atoms. The summed E-state index contributed by atoms with van der Waals surface area (Å²) in [6.45, 7) is 2.01. The van der Waals surface area contributed by atoms with Gasteiger partial charge in [-0.25, -0.2) is 9.82 Å². The van der Waals surface area contributed by atoms with E-state index in [1.165, 1.54) is 6.07 Å². The summed E-state index contributed by atoms with van der Waals surface area (Å²) in [6.07, 6.45) is 0. The van der Waals surface area contributed by atoms with Crippen LogP contribution in [-0.4, -0.2) is 0 Å². The number of rotatable bonds is 3. The van der Waals surface area contributed by atoms with E-state index in [1.54, 1.807) is 6.07 Å². The molecule has 1 aromatic heterocycles. The highest BCUT2D eigenvalue weighted by Crippen LogP contribution is 2.29. The Morgan fingerprint density at radius 1 is 1.15 bits per heavy atom. The highest BCUT2D eigenvalue weighted by molar-refractivity contribution is 5.78. The first-order valence-electron chi connectivity index (χ1n) is 6.39. The number of nitrogens with two attached hydrogens (primary N) is 1. The lowest BCUT2D eigenvalue weighted by atomic mass is 10.0. The number of furan rings is 1. The van der Waals surface area contributed by atoms with E-state index in [9.17, 15) is 4.39 Å². The molecule has 0 aliphatic rings. The zero-order chi connectivity index (χ0) is 14.1. The average molecular weight is 270 g/mol. The number of fused-ring (bicyclic) bond motifs is 1. The third kappa shape index (κ3) is 2.19. The van der Waals surface area contributed by atoms with Crippen molar-refractivity contribution in [3.8, 4) is 0 Å². The normalized spacial score (nSPS) is 12.8. The first-order valence-corrected chi connectivity index (χ1v) is 6.39. The van der Waals surface area contributed by atoms with E-state index < -0.39 is 0 Å². The number of halogens is 1. The van der Waals surface area contributed by atoms with Crippen LogP contribution in [0, 0.1) is 12.7 Å². The molecule has 102 valence electrons. The molecule has 20 heavy (non-hydrogen) atoms. The molecule has 0 saturated carbocycles. The van der Waals surface area contributed by atoms with Crippen LogP contribution in [0.4, 0.5) is 4.39 Å². The number of nitrogens with one attached hydrogen (secondary N) is 1. The summed E-state index contributed by atoms with van der Waals surface area (Å²) in [6, 6.07) is 14.3. The lowest BCUT2D eigenvalue weighted by molar-refractivity contribution is 0.465. The Hall–Kier alpha value is -2.17. The number of hydrogen-bond donors (Lipinski definition) is 2. The van der Waals surface area contributed by atoms with Gasteiger partial charge in [0, 0.05) is 5.39 Å². The Balaban J connectivity index is 2.09. The Labute approximate surface area is 116 Å². The van der Waals surface area contributed by atoms with E-state index in [4.69, 9.17) is 10.3 Å². The second-order valence-corrected chi connectivity index (χ2v) is 4.82. The minimum atomic E-state index is -0.367. The number of hydrazine groups is 1. The van der Waals surface area contributed by atoms with Crippen molar-refractivity contribution < 1.29 is 8.81 Å². The topological polar surface area (TPSA) is 51.2 Å². The predicted octanol–water partition coefficient (Wildman–Crippen LogP) is 3.43. The van der Waals surface area contributed by atoms with Gasteiger partial charge in [-0.3, -0.25) is 5.84 Å². The van der Waals surface area contributed by atoms with Crippen LogP contribution in [0.1, 0.15) is 22.9 Å². The zero-order valence-corrected chi connectivity index (χ0v) is 11.1. The number of para-hydroxylation sites is 1. The van der Waals surface area contributed by atoms with Crippen LogP contribution < -0.4 is 11.3 Å². The molecule has 0 amide bonds. The Kier molecular flexibility index (Phi) is 3.26. The van der Waals surface area contributed by atoms with E-state index in [1.807, 2.05) is 43.3 Å². The van der Waals surface area contributed by atoms with Crippen LogP contribution in [0.15, 0.2) is 52.9 Å². The fourth-order valence-electron chi connectivity index (χ4n) is 2.38. The van der Waals surface area contributed by atoms with E-state index in [0.29, 0.717) is 5.76 Å². The molecule has 3 rings (SSSR count). The maximum absolute atomic E-state index is 13.7. The van der Waals surface area contributed by atoms with Gasteiger partial charge in [0.15, 0.2) is 11.4 Å². The average Bonchev–Trinajstić information content (AvgIpc) is 2.85. The first kappa shape index (κ1) is 12.8. The highest BCUT2D eigenvalue weighted by atomic mass is 19.1. The van der Waals surface area contributed by atoms with Gasteiger partial charge in [0.2, 0.25) is 0 Å². The summed E-state index contributed by atoms with van der Waals surface area (Å²) in [5.74, 6) is 5.87. The van der Waals surface area contributed by atoms with Crippen LogP contribution in [0.3, 0.4) is 0 Å². The monoisotopic (exact) mass is 270 g/mol. The Morgan fingerprint density at radius 3 is 2.65 bits per heavy atom. The Morgan fingerprint density at radius 2 is 1.95 bits per heavy atom. The maximum atomic E-state index is 13.7. The number of hydrogen-bond acceptors (Lipinski definition) is 3. The van der Waals surface area contributed by atoms with E-state index in [2.05, 4.69) is 5.43 Å². The SMILES string of the molecule is Cc1cccc(C(NN)c2cc3cccc(F)c3o2)c1. The molecule has 0 aliphatic heterocycles. The minimum absolute atomic E-state index is 0.260. The fraction of sp³-hybridized carbons (Fsp3) is 0.125. The molecule has 1 heterocycles. The van der Waals surface area contributed by atoms with Crippen molar-refractivity contribution in [2.24, 2.45) is 5.84 Å². The van der Waals surface area contributed by atoms with Gasteiger partial charge in [-0.15, -0.1) is 0 Å². The summed E-state index contributed by atoms with van der Waals surface area (Å²) in [5, 5.41) is 0.730. The van der Waals surface area contributed by atoms with Gasteiger partial charge < -0.3 is 4.42 Å². The smallest absolute Gasteiger partial charge is 0.169 e. The molecule has 0 radical (unpaired) electrons. The molecule has 1 atom stereocenters. The van der Waals surface area contributed by atoms with Gasteiger partial charge in [0.25, 0.3) is 0 Å². The minimum Gasteiger partial charge on any atom is -0.456 e. The van der Waals surface area contributed by atoms with Crippen molar-refractivity contribution in [2.75, 3.05) is 0 Å². The molecular weight excluding hydrogens is 255 g/mol. The largest absolute Gasteiger partial charge is 0.456 e. The van der Waals surface area contributed by atoms with Gasteiger partial charge in [0.1, 0.15) is 11.8 Å². The standard InChI is InChI=1S/C16H15FN2O/c1-10-4-2-5-11(8-10)15(19-18)14-9-12-6-3-7-13(17)16(12)20-14/h2-9,15,19H,18H2,1H3. The van der Waals surface area contributed by atoms with E-state index in [0.717, 1.165) is 16.5 Å². The van der Waals surface area contributed by atoms with Crippen molar-refractivity contribution in [2.45, 2.75) is 13.0 Å². The first-order chi connectivity index (χ1) is 9.69. The van der Waals surface area contributed by atoms with Gasteiger partial charge in [0.05, 0.1) is 0 Å². The molecule has 2 aromatic carbocycles. The zero-order valence-electron chi connectivity index (χ0n) is 11.1. The lowest BCUT2D eigenvalue weighted by Gasteiger charge is -2.14. The molecule has 0 saturated heterocycles. The van der Waals surface area contributed by atoms with Crippen molar-refractivity contribution in [1.29, 1.82) is 0 Å². The van der Waals surface area contributed by atoms with Crippen molar-refractivity contribution >= 4 is 11.0 Å². The van der Waals surface area contributed by atoms with E-state index in [-0.39, 0.29) is 17.4 Å². The second kappa shape index (κ2) is 5.07. The lowest BCUT2D eigenvalue weighted by Crippen LogP contribution is -2.28. The molecule has 0 fully saturated rings. The summed E-state index contributed by atoms with van der Waals surface area (Å²) < 4.78 is 19.3.